The minimum Gasteiger partial charge on any atom is -0.445 e. The second-order valence-corrected chi connectivity index (χ2v) is 5.41. The molecule has 0 aliphatic rings. The van der Waals surface area contributed by atoms with Gasteiger partial charge in [-0.05, 0) is 38.4 Å². The molecule has 1 atom stereocenters. The van der Waals surface area contributed by atoms with E-state index in [1.54, 1.807) is 0 Å². The fourth-order valence-electron chi connectivity index (χ4n) is 2.23. The molecule has 0 heterocycles. The van der Waals surface area contributed by atoms with Crippen molar-refractivity contribution in [2.75, 3.05) is 26.2 Å². The maximum atomic E-state index is 11.7. The lowest BCUT2D eigenvalue weighted by Gasteiger charge is -2.20. The fraction of sp³-hybridized carbons (Fsp3) is 0.588. The topological polar surface area (TPSA) is 61.8 Å². The van der Waals surface area contributed by atoms with E-state index < -0.39 is 0 Å². The van der Waals surface area contributed by atoms with E-state index in [9.17, 15) is 4.79 Å². The number of carbonyl (C=O) groups is 1. The van der Waals surface area contributed by atoms with Gasteiger partial charge in [0, 0.05) is 12.6 Å². The number of hydrogen-bond acceptors (Lipinski definition) is 4. The molecule has 5 nitrogen and oxygen atoms in total. The number of nitrogens with one attached hydrogen (secondary N) is 1. The van der Waals surface area contributed by atoms with Gasteiger partial charge < -0.3 is 20.1 Å². The van der Waals surface area contributed by atoms with Crippen LogP contribution in [0.4, 0.5) is 4.79 Å². The van der Waals surface area contributed by atoms with Crippen LogP contribution < -0.4 is 5.32 Å². The second kappa shape index (κ2) is 11.0. The Balaban J connectivity index is 2.15. The van der Waals surface area contributed by atoms with E-state index in [0.717, 1.165) is 31.5 Å². The Morgan fingerprint density at radius 2 is 2.05 bits per heavy atom. The smallest absolute Gasteiger partial charge is 0.407 e. The summed E-state index contributed by atoms with van der Waals surface area (Å²) in [5, 5.41) is 11.8. The average molecular weight is 308 g/mol. The first-order chi connectivity index (χ1) is 10.7. The van der Waals surface area contributed by atoms with Gasteiger partial charge in [0.15, 0.2) is 0 Å². The van der Waals surface area contributed by atoms with Crippen LogP contribution in [-0.4, -0.2) is 48.4 Å². The summed E-state index contributed by atoms with van der Waals surface area (Å²) >= 11 is 0. The van der Waals surface area contributed by atoms with Gasteiger partial charge in [-0.15, -0.1) is 0 Å². The quantitative estimate of drug-likeness (QED) is 0.697. The van der Waals surface area contributed by atoms with Crippen LogP contribution in [0.2, 0.25) is 0 Å². The molecule has 0 aliphatic carbocycles. The number of nitrogens with zero attached hydrogens (tertiary/aromatic N) is 1. The van der Waals surface area contributed by atoms with Crippen molar-refractivity contribution in [2.24, 2.45) is 0 Å². The highest BCUT2D eigenvalue weighted by Crippen LogP contribution is 2.03. The van der Waals surface area contributed by atoms with Crippen LogP contribution >= 0.6 is 0 Å². The first kappa shape index (κ1) is 18.5. The largest absolute Gasteiger partial charge is 0.445 e. The van der Waals surface area contributed by atoms with Gasteiger partial charge in [-0.1, -0.05) is 37.3 Å². The summed E-state index contributed by atoms with van der Waals surface area (Å²) in [5.74, 6) is 0. The normalized spacial score (nSPS) is 12.2. The number of ether oxygens (including phenoxy) is 1. The highest BCUT2D eigenvalue weighted by atomic mass is 16.5. The lowest BCUT2D eigenvalue weighted by atomic mass is 10.2. The van der Waals surface area contributed by atoms with E-state index in [1.165, 1.54) is 0 Å². The van der Waals surface area contributed by atoms with Crippen LogP contribution in [0.5, 0.6) is 0 Å². The van der Waals surface area contributed by atoms with Crippen molar-refractivity contribution in [2.45, 2.75) is 39.3 Å². The zero-order valence-electron chi connectivity index (χ0n) is 13.6. The minimum absolute atomic E-state index is 0.0797. The highest BCUT2D eigenvalue weighted by molar-refractivity contribution is 5.67. The fourth-order valence-corrected chi connectivity index (χ4v) is 2.23. The van der Waals surface area contributed by atoms with Crippen molar-refractivity contribution < 1.29 is 14.6 Å². The van der Waals surface area contributed by atoms with Crippen LogP contribution in [0, 0.1) is 0 Å². The Labute approximate surface area is 133 Å². The molecule has 22 heavy (non-hydrogen) atoms. The third kappa shape index (κ3) is 8.00. The molecule has 0 spiro atoms. The molecular formula is C17H28N2O3. The Morgan fingerprint density at radius 3 is 2.68 bits per heavy atom. The Kier molecular flexibility index (Phi) is 9.26. The number of aliphatic hydroxyl groups excluding tert-OH is 1. The third-order valence-corrected chi connectivity index (χ3v) is 3.55. The van der Waals surface area contributed by atoms with Gasteiger partial charge in [0.2, 0.25) is 0 Å². The summed E-state index contributed by atoms with van der Waals surface area (Å²) in [6.45, 7) is 7.11. The lowest BCUT2D eigenvalue weighted by Crippen LogP contribution is -2.34. The molecular weight excluding hydrogens is 280 g/mol. The van der Waals surface area contributed by atoms with E-state index in [4.69, 9.17) is 9.84 Å². The third-order valence-electron chi connectivity index (χ3n) is 3.55. The van der Waals surface area contributed by atoms with Gasteiger partial charge in [-0.25, -0.2) is 4.79 Å². The molecule has 0 aliphatic heterocycles. The molecule has 2 N–H and O–H groups in total. The molecule has 1 aromatic rings. The van der Waals surface area contributed by atoms with Crippen molar-refractivity contribution in [1.29, 1.82) is 0 Å². The zero-order chi connectivity index (χ0) is 16.2. The van der Waals surface area contributed by atoms with Gasteiger partial charge in [0.05, 0.1) is 6.61 Å². The Hall–Kier alpha value is -1.59. The predicted molar refractivity (Wildman–Crippen MR) is 87.7 cm³/mol. The van der Waals surface area contributed by atoms with Crippen molar-refractivity contribution in [3.05, 3.63) is 35.9 Å². The molecule has 5 heteroatoms. The zero-order valence-corrected chi connectivity index (χ0v) is 13.6. The summed E-state index contributed by atoms with van der Waals surface area (Å²) in [7, 11) is 0. The minimum atomic E-state index is -0.376. The number of rotatable bonds is 10. The van der Waals surface area contributed by atoms with Crippen LogP contribution in [0.25, 0.3) is 0 Å². The highest BCUT2D eigenvalue weighted by Gasteiger charge is 2.09. The molecule has 0 bridgehead atoms. The van der Waals surface area contributed by atoms with Gasteiger partial charge in [0.25, 0.3) is 0 Å². The van der Waals surface area contributed by atoms with E-state index >= 15 is 0 Å². The number of likely N-dealkylation sites (N-methyl/N-ethyl adjacent to an activating group) is 1. The number of alkyl carbamates (subject to hydrolysis) is 1. The number of benzene rings is 1. The summed E-state index contributed by atoms with van der Waals surface area (Å²) in [5.41, 5.74) is 0.980. The van der Waals surface area contributed by atoms with E-state index in [-0.39, 0.29) is 18.7 Å². The molecule has 0 saturated carbocycles. The van der Waals surface area contributed by atoms with Crippen molar-refractivity contribution >= 4 is 6.09 Å². The maximum absolute atomic E-state index is 11.7. The molecule has 1 aromatic carbocycles. The maximum Gasteiger partial charge on any atom is 0.407 e. The second-order valence-electron chi connectivity index (χ2n) is 5.41. The molecule has 0 saturated heterocycles. The number of hydrogen-bond donors (Lipinski definition) is 2. The first-order valence-electron chi connectivity index (χ1n) is 7.96. The molecule has 124 valence electrons. The van der Waals surface area contributed by atoms with Crippen molar-refractivity contribution in [1.82, 2.24) is 10.2 Å². The summed E-state index contributed by atoms with van der Waals surface area (Å²) in [6, 6.07) is 9.71. The molecule has 0 aromatic heterocycles. The number of carbonyl (C=O) groups excluding carboxylic acids is 1. The van der Waals surface area contributed by atoms with Crippen LogP contribution in [-0.2, 0) is 11.3 Å². The van der Waals surface area contributed by atoms with Crippen LogP contribution in [0.3, 0.4) is 0 Å². The lowest BCUT2D eigenvalue weighted by molar-refractivity contribution is 0.135. The monoisotopic (exact) mass is 308 g/mol. The van der Waals surface area contributed by atoms with Crippen LogP contribution in [0.1, 0.15) is 32.3 Å². The van der Waals surface area contributed by atoms with E-state index in [0.29, 0.717) is 13.2 Å². The molecule has 1 unspecified atom stereocenters. The average Bonchev–Trinajstić information content (AvgIpc) is 2.53. The van der Waals surface area contributed by atoms with Crippen molar-refractivity contribution in [3.8, 4) is 0 Å². The van der Waals surface area contributed by atoms with E-state index in [2.05, 4.69) is 17.1 Å². The SMILES string of the molecule is CCN(CCO)CCCC(C)NC(=O)OCc1ccccc1. The van der Waals surface area contributed by atoms with Gasteiger partial charge in [-0.3, -0.25) is 0 Å². The standard InChI is InChI=1S/C17H28N2O3/c1-3-19(12-13-20)11-7-8-15(2)18-17(21)22-14-16-9-5-4-6-10-16/h4-6,9-10,15,20H,3,7-8,11-14H2,1-2H3,(H,18,21). The number of aliphatic hydroxyl groups is 1. The summed E-state index contributed by atoms with van der Waals surface area (Å²) in [6.07, 6.45) is 1.50. The van der Waals surface area contributed by atoms with E-state index in [1.807, 2.05) is 37.3 Å². The Morgan fingerprint density at radius 1 is 1.32 bits per heavy atom. The predicted octanol–water partition coefficient (Wildman–Crippen LogP) is 2.40. The Bertz CT molecular complexity index is 412. The first-order valence-corrected chi connectivity index (χ1v) is 7.96. The number of amides is 1. The van der Waals surface area contributed by atoms with Gasteiger partial charge >= 0.3 is 6.09 Å². The van der Waals surface area contributed by atoms with Gasteiger partial charge in [-0.2, -0.15) is 0 Å². The van der Waals surface area contributed by atoms with Crippen LogP contribution in [0.15, 0.2) is 30.3 Å². The molecule has 1 amide bonds. The molecule has 0 radical (unpaired) electrons. The van der Waals surface area contributed by atoms with Crippen molar-refractivity contribution in [3.63, 3.8) is 0 Å². The summed E-state index contributed by atoms with van der Waals surface area (Å²) in [4.78, 5) is 13.9. The molecule has 1 rings (SSSR count). The van der Waals surface area contributed by atoms with Gasteiger partial charge in [0.1, 0.15) is 6.61 Å². The molecule has 0 fully saturated rings. The summed E-state index contributed by atoms with van der Waals surface area (Å²) < 4.78 is 5.19.